The van der Waals surface area contributed by atoms with Gasteiger partial charge in [-0.2, -0.15) is 0 Å². The highest BCUT2D eigenvalue weighted by atomic mass is 16.1. The van der Waals surface area contributed by atoms with Crippen LogP contribution in [0.5, 0.6) is 0 Å². The lowest BCUT2D eigenvalue weighted by Crippen LogP contribution is -2.32. The van der Waals surface area contributed by atoms with E-state index in [-0.39, 0.29) is 0 Å². The van der Waals surface area contributed by atoms with Crippen molar-refractivity contribution in [1.29, 1.82) is 0 Å². The van der Waals surface area contributed by atoms with E-state index in [0.29, 0.717) is 23.0 Å². The standard InChI is InChI=1S/C16H28O/c1-12-5-4-6-14(11-12)15(17)13-7-9-16(2,3)10-8-13/h12-14H,4-11H2,1-3H3. The Kier molecular flexibility index (Phi) is 3.95. The van der Waals surface area contributed by atoms with Crippen LogP contribution in [0.25, 0.3) is 0 Å². The zero-order chi connectivity index (χ0) is 12.5. The van der Waals surface area contributed by atoms with Gasteiger partial charge in [-0.25, -0.2) is 0 Å². The minimum absolute atomic E-state index is 0.401. The summed E-state index contributed by atoms with van der Waals surface area (Å²) in [4.78, 5) is 12.5. The van der Waals surface area contributed by atoms with Gasteiger partial charge < -0.3 is 0 Å². The van der Waals surface area contributed by atoms with Crippen LogP contribution < -0.4 is 0 Å². The molecule has 0 heterocycles. The summed E-state index contributed by atoms with van der Waals surface area (Å²) in [6.45, 7) is 7.00. The average molecular weight is 236 g/mol. The molecule has 2 fully saturated rings. The van der Waals surface area contributed by atoms with Crippen molar-refractivity contribution in [1.82, 2.24) is 0 Å². The molecule has 0 amide bonds. The zero-order valence-corrected chi connectivity index (χ0v) is 11.8. The van der Waals surface area contributed by atoms with Crippen LogP contribution in [-0.2, 0) is 4.79 Å². The Labute approximate surface area is 106 Å². The number of carbonyl (C=O) groups is 1. The van der Waals surface area contributed by atoms with E-state index < -0.39 is 0 Å². The van der Waals surface area contributed by atoms with Crippen molar-refractivity contribution in [3.8, 4) is 0 Å². The predicted octanol–water partition coefficient (Wildman–Crippen LogP) is 4.60. The molecule has 2 aliphatic rings. The molecule has 0 aliphatic heterocycles. The van der Waals surface area contributed by atoms with Gasteiger partial charge in [0.05, 0.1) is 0 Å². The van der Waals surface area contributed by atoms with Crippen LogP contribution in [0.3, 0.4) is 0 Å². The molecule has 1 nitrogen and oxygen atoms in total. The molecule has 0 saturated heterocycles. The molecule has 17 heavy (non-hydrogen) atoms. The molecule has 1 heteroatoms. The fourth-order valence-electron chi connectivity index (χ4n) is 3.71. The smallest absolute Gasteiger partial charge is 0.139 e. The second kappa shape index (κ2) is 5.12. The maximum Gasteiger partial charge on any atom is 0.139 e. The van der Waals surface area contributed by atoms with Gasteiger partial charge in [-0.1, -0.05) is 33.6 Å². The van der Waals surface area contributed by atoms with Gasteiger partial charge in [0.1, 0.15) is 5.78 Å². The first-order valence-corrected chi connectivity index (χ1v) is 7.52. The molecule has 2 unspecified atom stereocenters. The highest BCUT2D eigenvalue weighted by Crippen LogP contribution is 2.41. The van der Waals surface area contributed by atoms with Crippen LogP contribution in [0, 0.1) is 23.2 Å². The molecular formula is C16H28O. The van der Waals surface area contributed by atoms with Crippen molar-refractivity contribution >= 4 is 5.78 Å². The Hall–Kier alpha value is -0.330. The third-order valence-corrected chi connectivity index (χ3v) is 5.08. The molecular weight excluding hydrogens is 208 g/mol. The molecule has 2 atom stereocenters. The van der Waals surface area contributed by atoms with E-state index >= 15 is 0 Å². The average Bonchev–Trinajstić information content (AvgIpc) is 2.28. The lowest BCUT2D eigenvalue weighted by Gasteiger charge is -2.36. The van der Waals surface area contributed by atoms with E-state index in [4.69, 9.17) is 0 Å². The van der Waals surface area contributed by atoms with Crippen molar-refractivity contribution in [2.24, 2.45) is 23.2 Å². The first-order valence-electron chi connectivity index (χ1n) is 7.52. The van der Waals surface area contributed by atoms with Crippen LogP contribution in [0.4, 0.5) is 0 Å². The quantitative estimate of drug-likeness (QED) is 0.685. The molecule has 2 saturated carbocycles. The Balaban J connectivity index is 1.88. The maximum absolute atomic E-state index is 12.5. The Bertz CT molecular complexity index is 269. The van der Waals surface area contributed by atoms with E-state index in [1.54, 1.807) is 0 Å². The zero-order valence-electron chi connectivity index (χ0n) is 11.8. The number of hydrogen-bond donors (Lipinski definition) is 0. The van der Waals surface area contributed by atoms with Gasteiger partial charge in [0, 0.05) is 11.8 Å². The number of Topliss-reactive ketones (excluding diaryl/α,β-unsaturated/α-hetero) is 1. The van der Waals surface area contributed by atoms with Crippen molar-refractivity contribution < 1.29 is 4.79 Å². The largest absolute Gasteiger partial charge is 0.299 e. The molecule has 0 aromatic heterocycles. The van der Waals surface area contributed by atoms with Gasteiger partial charge in [-0.15, -0.1) is 0 Å². The molecule has 0 aromatic carbocycles. The van der Waals surface area contributed by atoms with Crippen molar-refractivity contribution in [3.05, 3.63) is 0 Å². The summed E-state index contributed by atoms with van der Waals surface area (Å²) < 4.78 is 0. The van der Waals surface area contributed by atoms with E-state index in [0.717, 1.165) is 18.8 Å². The van der Waals surface area contributed by atoms with Crippen molar-refractivity contribution in [2.75, 3.05) is 0 Å². The van der Waals surface area contributed by atoms with E-state index in [9.17, 15) is 4.79 Å². The monoisotopic (exact) mass is 236 g/mol. The van der Waals surface area contributed by atoms with E-state index in [2.05, 4.69) is 20.8 Å². The molecule has 0 radical (unpaired) electrons. The van der Waals surface area contributed by atoms with Crippen LogP contribution >= 0.6 is 0 Å². The Morgan fingerprint density at radius 1 is 1.00 bits per heavy atom. The van der Waals surface area contributed by atoms with E-state index in [1.807, 2.05) is 0 Å². The number of hydrogen-bond acceptors (Lipinski definition) is 1. The Morgan fingerprint density at radius 2 is 1.65 bits per heavy atom. The summed E-state index contributed by atoms with van der Waals surface area (Å²) >= 11 is 0. The second-order valence-electron chi connectivity index (χ2n) is 7.31. The summed E-state index contributed by atoms with van der Waals surface area (Å²) in [5.41, 5.74) is 0.483. The molecule has 0 bridgehead atoms. The third kappa shape index (κ3) is 3.33. The minimum atomic E-state index is 0.401. The summed E-state index contributed by atoms with van der Waals surface area (Å²) in [7, 11) is 0. The number of ketones is 1. The fourth-order valence-corrected chi connectivity index (χ4v) is 3.71. The maximum atomic E-state index is 12.5. The van der Waals surface area contributed by atoms with Gasteiger partial charge in [0.2, 0.25) is 0 Å². The highest BCUT2D eigenvalue weighted by Gasteiger charge is 2.34. The highest BCUT2D eigenvalue weighted by molar-refractivity contribution is 5.83. The number of carbonyl (C=O) groups excluding carboxylic acids is 1. The summed E-state index contributed by atoms with van der Waals surface area (Å²) in [5, 5.41) is 0. The summed E-state index contributed by atoms with van der Waals surface area (Å²) in [6.07, 6.45) is 9.73. The predicted molar refractivity (Wildman–Crippen MR) is 71.9 cm³/mol. The third-order valence-electron chi connectivity index (χ3n) is 5.08. The van der Waals surface area contributed by atoms with Gasteiger partial charge in [-0.3, -0.25) is 4.79 Å². The molecule has 2 rings (SSSR count). The van der Waals surface area contributed by atoms with Crippen molar-refractivity contribution in [2.45, 2.75) is 72.1 Å². The fraction of sp³-hybridized carbons (Fsp3) is 0.938. The minimum Gasteiger partial charge on any atom is -0.299 e. The van der Waals surface area contributed by atoms with Gasteiger partial charge in [0.15, 0.2) is 0 Å². The normalized spacial score (nSPS) is 34.5. The first kappa shape index (κ1) is 13.1. The molecule has 0 N–H and O–H groups in total. The molecule has 0 spiro atoms. The Morgan fingerprint density at radius 3 is 2.24 bits per heavy atom. The summed E-state index contributed by atoms with van der Waals surface area (Å²) in [6, 6.07) is 0. The van der Waals surface area contributed by atoms with Gasteiger partial charge >= 0.3 is 0 Å². The van der Waals surface area contributed by atoms with Crippen LogP contribution in [0.2, 0.25) is 0 Å². The van der Waals surface area contributed by atoms with Crippen LogP contribution in [0.15, 0.2) is 0 Å². The first-order chi connectivity index (χ1) is 7.98. The van der Waals surface area contributed by atoms with Crippen LogP contribution in [0.1, 0.15) is 72.1 Å². The summed E-state index contributed by atoms with van der Waals surface area (Å²) in [5.74, 6) is 2.20. The van der Waals surface area contributed by atoms with Gasteiger partial charge in [0.25, 0.3) is 0 Å². The molecule has 98 valence electrons. The van der Waals surface area contributed by atoms with E-state index in [1.165, 1.54) is 38.5 Å². The topological polar surface area (TPSA) is 17.1 Å². The molecule has 0 aromatic rings. The second-order valence-corrected chi connectivity index (χ2v) is 7.31. The van der Waals surface area contributed by atoms with Crippen molar-refractivity contribution in [3.63, 3.8) is 0 Å². The lowest BCUT2D eigenvalue weighted by molar-refractivity contribution is -0.129. The van der Waals surface area contributed by atoms with Crippen LogP contribution in [-0.4, -0.2) is 5.78 Å². The SMILES string of the molecule is CC1CCCC(C(=O)C2CCC(C)(C)CC2)C1. The lowest BCUT2D eigenvalue weighted by atomic mass is 9.68. The number of rotatable bonds is 2. The molecule has 2 aliphatic carbocycles. The van der Waals surface area contributed by atoms with Gasteiger partial charge in [-0.05, 0) is 49.9 Å².